The van der Waals surface area contributed by atoms with Crippen LogP contribution >= 0.6 is 15.9 Å². The molecule has 0 aliphatic carbocycles. The first-order valence-electron chi connectivity index (χ1n) is 9.35. The molecular formula is C18H37BrN2O. The van der Waals surface area contributed by atoms with Crippen LogP contribution in [-0.2, 0) is 4.79 Å². The summed E-state index contributed by atoms with van der Waals surface area (Å²) in [5.74, 6) is 0.188. The number of unbranched alkanes of at least 4 members (excludes halogenated alkanes) is 9. The monoisotopic (exact) mass is 376 g/mol. The van der Waals surface area contributed by atoms with Crippen molar-refractivity contribution < 1.29 is 4.79 Å². The van der Waals surface area contributed by atoms with Crippen LogP contribution in [0.3, 0.4) is 0 Å². The van der Waals surface area contributed by atoms with Crippen molar-refractivity contribution >= 4 is 21.8 Å². The lowest BCUT2D eigenvalue weighted by Gasteiger charge is -2.21. The quantitative estimate of drug-likeness (QED) is 0.221. The Bertz CT molecular complexity index is 249. The van der Waals surface area contributed by atoms with Crippen LogP contribution in [0.4, 0.5) is 0 Å². The fourth-order valence-corrected chi connectivity index (χ4v) is 2.92. The van der Waals surface area contributed by atoms with Gasteiger partial charge >= 0.3 is 0 Å². The van der Waals surface area contributed by atoms with Crippen LogP contribution in [0.15, 0.2) is 0 Å². The standard InChI is InChI=1S/C18H37BrN2O/c1-3-5-6-7-11-14-17-21(4-2)20-18(22)15-12-9-8-10-13-16-19/h3-17H2,1-2H3,(H,20,22). The second-order valence-corrected chi connectivity index (χ2v) is 6.88. The van der Waals surface area contributed by atoms with Crippen LogP contribution in [0, 0.1) is 0 Å². The SMILES string of the molecule is CCCCCCCCN(CC)NC(=O)CCCCCCCBr. The number of carbonyl (C=O) groups is 1. The molecule has 0 radical (unpaired) electrons. The highest BCUT2D eigenvalue weighted by Gasteiger charge is 2.06. The lowest BCUT2D eigenvalue weighted by Crippen LogP contribution is -2.42. The van der Waals surface area contributed by atoms with Crippen LogP contribution in [0.5, 0.6) is 0 Å². The highest BCUT2D eigenvalue weighted by molar-refractivity contribution is 9.09. The lowest BCUT2D eigenvalue weighted by atomic mass is 10.1. The van der Waals surface area contributed by atoms with Gasteiger partial charge in [-0.05, 0) is 19.3 Å². The molecule has 0 rings (SSSR count). The van der Waals surface area contributed by atoms with Crippen LogP contribution in [0.1, 0.15) is 90.9 Å². The zero-order valence-corrected chi connectivity index (χ0v) is 16.4. The Labute approximate surface area is 146 Å². The molecule has 22 heavy (non-hydrogen) atoms. The predicted molar refractivity (Wildman–Crippen MR) is 100 cm³/mol. The third-order valence-electron chi connectivity index (χ3n) is 3.98. The fraction of sp³-hybridized carbons (Fsp3) is 0.944. The van der Waals surface area contributed by atoms with Gasteiger partial charge < -0.3 is 0 Å². The molecule has 0 atom stereocenters. The smallest absolute Gasteiger partial charge is 0.234 e. The topological polar surface area (TPSA) is 32.3 Å². The van der Waals surface area contributed by atoms with E-state index in [2.05, 4.69) is 40.2 Å². The minimum absolute atomic E-state index is 0.188. The van der Waals surface area contributed by atoms with Gasteiger partial charge in [0.25, 0.3) is 0 Å². The first-order valence-corrected chi connectivity index (χ1v) is 10.5. The molecule has 0 spiro atoms. The maximum atomic E-state index is 11.9. The van der Waals surface area contributed by atoms with Gasteiger partial charge in [0, 0.05) is 24.8 Å². The molecule has 0 aromatic carbocycles. The molecule has 132 valence electrons. The van der Waals surface area contributed by atoms with E-state index in [0.717, 1.165) is 24.8 Å². The Kier molecular flexibility index (Phi) is 17.2. The van der Waals surface area contributed by atoms with Gasteiger partial charge in [-0.3, -0.25) is 10.2 Å². The molecule has 0 fully saturated rings. The van der Waals surface area contributed by atoms with E-state index >= 15 is 0 Å². The van der Waals surface area contributed by atoms with Crippen molar-refractivity contribution in [2.24, 2.45) is 0 Å². The Morgan fingerprint density at radius 1 is 0.864 bits per heavy atom. The number of nitrogens with one attached hydrogen (secondary N) is 1. The number of halogens is 1. The third-order valence-corrected chi connectivity index (χ3v) is 4.54. The normalized spacial score (nSPS) is 11.1. The second kappa shape index (κ2) is 17.3. The van der Waals surface area contributed by atoms with E-state index in [9.17, 15) is 4.79 Å². The molecule has 0 unspecified atom stereocenters. The summed E-state index contributed by atoms with van der Waals surface area (Å²) in [7, 11) is 0. The number of alkyl halides is 1. The van der Waals surface area contributed by atoms with Gasteiger partial charge in [0.1, 0.15) is 0 Å². The van der Waals surface area contributed by atoms with Crippen LogP contribution in [0.2, 0.25) is 0 Å². The maximum Gasteiger partial charge on any atom is 0.234 e. The number of hydrogen-bond acceptors (Lipinski definition) is 2. The number of carbonyl (C=O) groups excluding carboxylic acids is 1. The van der Waals surface area contributed by atoms with E-state index in [1.165, 1.54) is 64.2 Å². The molecular weight excluding hydrogens is 340 g/mol. The minimum atomic E-state index is 0.188. The molecule has 4 heteroatoms. The van der Waals surface area contributed by atoms with Gasteiger partial charge in [-0.25, -0.2) is 5.01 Å². The molecule has 1 N–H and O–H groups in total. The van der Waals surface area contributed by atoms with E-state index in [1.807, 2.05) is 0 Å². The van der Waals surface area contributed by atoms with Gasteiger partial charge in [-0.15, -0.1) is 0 Å². The van der Waals surface area contributed by atoms with Crippen LogP contribution in [0.25, 0.3) is 0 Å². The summed E-state index contributed by atoms with van der Waals surface area (Å²) in [6.07, 6.45) is 14.4. The van der Waals surface area contributed by atoms with Gasteiger partial charge in [-0.2, -0.15) is 0 Å². The molecule has 0 saturated carbocycles. The molecule has 0 aromatic heterocycles. The lowest BCUT2D eigenvalue weighted by molar-refractivity contribution is -0.126. The molecule has 0 aliphatic heterocycles. The fourth-order valence-electron chi connectivity index (χ4n) is 2.52. The summed E-state index contributed by atoms with van der Waals surface area (Å²) in [6, 6.07) is 0. The van der Waals surface area contributed by atoms with Gasteiger partial charge in [0.15, 0.2) is 0 Å². The van der Waals surface area contributed by atoms with E-state index in [1.54, 1.807) is 0 Å². The summed E-state index contributed by atoms with van der Waals surface area (Å²) in [5.41, 5.74) is 3.06. The maximum absolute atomic E-state index is 11.9. The molecule has 1 amide bonds. The first-order chi connectivity index (χ1) is 10.7. The number of amides is 1. The van der Waals surface area contributed by atoms with Crippen LogP contribution in [-0.4, -0.2) is 29.3 Å². The van der Waals surface area contributed by atoms with Crippen molar-refractivity contribution in [2.45, 2.75) is 90.9 Å². The third kappa shape index (κ3) is 14.8. The molecule has 0 heterocycles. The van der Waals surface area contributed by atoms with E-state index in [0.29, 0.717) is 6.42 Å². The summed E-state index contributed by atoms with van der Waals surface area (Å²) in [5, 5.41) is 3.17. The zero-order chi connectivity index (χ0) is 16.5. The van der Waals surface area contributed by atoms with Crippen molar-refractivity contribution in [3.63, 3.8) is 0 Å². The highest BCUT2D eigenvalue weighted by Crippen LogP contribution is 2.07. The van der Waals surface area contributed by atoms with Crippen molar-refractivity contribution in [2.75, 3.05) is 18.4 Å². The minimum Gasteiger partial charge on any atom is -0.289 e. The Morgan fingerprint density at radius 2 is 1.45 bits per heavy atom. The summed E-state index contributed by atoms with van der Waals surface area (Å²) < 4.78 is 0. The Balaban J connectivity index is 3.54. The van der Waals surface area contributed by atoms with Gasteiger partial charge in [0.2, 0.25) is 5.91 Å². The second-order valence-electron chi connectivity index (χ2n) is 6.09. The zero-order valence-electron chi connectivity index (χ0n) is 14.8. The average molecular weight is 377 g/mol. The molecule has 0 bridgehead atoms. The highest BCUT2D eigenvalue weighted by atomic mass is 79.9. The predicted octanol–water partition coefficient (Wildman–Crippen LogP) is 5.44. The molecule has 3 nitrogen and oxygen atoms in total. The average Bonchev–Trinajstić information content (AvgIpc) is 2.52. The van der Waals surface area contributed by atoms with E-state index in [4.69, 9.17) is 0 Å². The number of hydrogen-bond donors (Lipinski definition) is 1. The van der Waals surface area contributed by atoms with E-state index in [-0.39, 0.29) is 5.91 Å². The number of rotatable bonds is 16. The number of nitrogens with zero attached hydrogens (tertiary/aromatic N) is 1. The number of hydrazine groups is 1. The van der Waals surface area contributed by atoms with E-state index < -0.39 is 0 Å². The first kappa shape index (κ1) is 21.9. The van der Waals surface area contributed by atoms with Crippen LogP contribution < -0.4 is 5.43 Å². The summed E-state index contributed by atoms with van der Waals surface area (Å²) in [6.45, 7) is 6.24. The molecule has 0 aliphatic rings. The van der Waals surface area contributed by atoms with Gasteiger partial charge in [-0.1, -0.05) is 81.1 Å². The largest absolute Gasteiger partial charge is 0.289 e. The van der Waals surface area contributed by atoms with Crippen molar-refractivity contribution in [3.8, 4) is 0 Å². The molecule has 0 aromatic rings. The summed E-state index contributed by atoms with van der Waals surface area (Å²) >= 11 is 3.45. The van der Waals surface area contributed by atoms with Gasteiger partial charge in [0.05, 0.1) is 0 Å². The Morgan fingerprint density at radius 3 is 2.09 bits per heavy atom. The van der Waals surface area contributed by atoms with Crippen molar-refractivity contribution in [3.05, 3.63) is 0 Å². The van der Waals surface area contributed by atoms with Crippen molar-refractivity contribution in [1.82, 2.24) is 10.4 Å². The Hall–Kier alpha value is -0.0900. The summed E-state index contributed by atoms with van der Waals surface area (Å²) in [4.78, 5) is 11.9. The molecule has 0 saturated heterocycles. The van der Waals surface area contributed by atoms with Crippen molar-refractivity contribution in [1.29, 1.82) is 0 Å².